The number of nitro benzene ring substituents is 1. The highest BCUT2D eigenvalue weighted by Crippen LogP contribution is 2.30. The molecule has 1 aliphatic rings. The Balaban J connectivity index is 1.26. The van der Waals surface area contributed by atoms with Crippen molar-refractivity contribution in [3.05, 3.63) is 76.8 Å². The normalized spacial score (nSPS) is 19.0. The lowest BCUT2D eigenvalue weighted by Gasteiger charge is -2.29. The lowest BCUT2D eigenvalue weighted by Crippen LogP contribution is -2.32. The zero-order valence-corrected chi connectivity index (χ0v) is 18.6. The molecule has 0 bridgehead atoms. The molecule has 2 N–H and O–H groups in total. The van der Waals surface area contributed by atoms with Crippen LogP contribution in [0.15, 0.2) is 71.6 Å². The van der Waals surface area contributed by atoms with Crippen LogP contribution in [0.2, 0.25) is 0 Å². The molecule has 0 atom stereocenters. The van der Waals surface area contributed by atoms with E-state index < -0.39 is 20.6 Å². The van der Waals surface area contributed by atoms with E-state index >= 15 is 0 Å². The Kier molecular flexibility index (Phi) is 6.72. The first kappa shape index (κ1) is 22.2. The summed E-state index contributed by atoms with van der Waals surface area (Å²) in [6.07, 6.45) is 3.92. The Morgan fingerprint density at radius 1 is 0.844 bits per heavy atom. The number of nitrogens with one attached hydrogen (secondary N) is 2. The van der Waals surface area contributed by atoms with Crippen LogP contribution >= 0.6 is 0 Å². The fraction of sp³-hybridized carbons (Fsp3) is 0.333. The minimum atomic E-state index is -3.92. The summed E-state index contributed by atoms with van der Waals surface area (Å²) in [5, 5.41) is 17.1. The van der Waals surface area contributed by atoms with Crippen molar-refractivity contribution < 1.29 is 13.3 Å². The molecule has 3 aromatic carbocycles. The van der Waals surface area contributed by atoms with Crippen molar-refractivity contribution in [2.24, 2.45) is 11.8 Å². The third kappa shape index (κ3) is 5.26. The first-order valence-electron chi connectivity index (χ1n) is 10.9. The number of benzene rings is 3. The molecule has 0 unspecified atom stereocenters. The van der Waals surface area contributed by atoms with E-state index in [4.69, 9.17) is 0 Å². The van der Waals surface area contributed by atoms with E-state index in [0.717, 1.165) is 37.9 Å². The topological polar surface area (TPSA) is 101 Å². The lowest BCUT2D eigenvalue weighted by atomic mass is 9.82. The van der Waals surface area contributed by atoms with Gasteiger partial charge in [0.25, 0.3) is 5.69 Å². The molecule has 8 heteroatoms. The molecule has 0 amide bonds. The van der Waals surface area contributed by atoms with Crippen LogP contribution in [-0.4, -0.2) is 26.4 Å². The first-order valence-corrected chi connectivity index (χ1v) is 12.4. The molecule has 0 aromatic heterocycles. The second-order valence-electron chi connectivity index (χ2n) is 8.41. The number of nitrogens with zero attached hydrogens (tertiary/aromatic N) is 1. The van der Waals surface area contributed by atoms with Crippen LogP contribution in [0.25, 0.3) is 10.8 Å². The van der Waals surface area contributed by atoms with E-state index in [1.54, 1.807) is 0 Å². The Labute approximate surface area is 188 Å². The van der Waals surface area contributed by atoms with Gasteiger partial charge in [-0.1, -0.05) is 42.5 Å². The monoisotopic (exact) mass is 453 g/mol. The highest BCUT2D eigenvalue weighted by atomic mass is 32.2. The van der Waals surface area contributed by atoms with E-state index in [1.807, 2.05) is 12.1 Å². The maximum atomic E-state index is 12.6. The number of rotatable bonds is 8. The Morgan fingerprint density at radius 2 is 1.47 bits per heavy atom. The van der Waals surface area contributed by atoms with Crippen molar-refractivity contribution in [1.29, 1.82) is 0 Å². The van der Waals surface area contributed by atoms with Gasteiger partial charge in [0.1, 0.15) is 0 Å². The second-order valence-corrected chi connectivity index (χ2v) is 10.1. The van der Waals surface area contributed by atoms with Gasteiger partial charge >= 0.3 is 0 Å². The smallest absolute Gasteiger partial charge is 0.289 e. The van der Waals surface area contributed by atoms with Crippen molar-refractivity contribution in [1.82, 2.24) is 4.72 Å². The highest BCUT2D eigenvalue weighted by molar-refractivity contribution is 7.89. The van der Waals surface area contributed by atoms with E-state index in [2.05, 4.69) is 40.4 Å². The summed E-state index contributed by atoms with van der Waals surface area (Å²) in [5.41, 5.74) is 0.714. The lowest BCUT2D eigenvalue weighted by molar-refractivity contribution is -0.387. The quantitative estimate of drug-likeness (QED) is 0.371. The zero-order valence-electron chi connectivity index (χ0n) is 17.7. The molecule has 168 valence electrons. The van der Waals surface area contributed by atoms with E-state index in [-0.39, 0.29) is 10.8 Å². The summed E-state index contributed by atoms with van der Waals surface area (Å²) in [6.45, 7) is 1.20. The highest BCUT2D eigenvalue weighted by Gasteiger charge is 2.27. The number of nitro groups is 1. The van der Waals surface area contributed by atoms with Crippen molar-refractivity contribution in [2.45, 2.75) is 30.6 Å². The largest absolute Gasteiger partial charge is 0.385 e. The van der Waals surface area contributed by atoms with Crippen LogP contribution in [0.4, 0.5) is 11.4 Å². The van der Waals surface area contributed by atoms with Gasteiger partial charge < -0.3 is 5.32 Å². The molecule has 32 heavy (non-hydrogen) atoms. The van der Waals surface area contributed by atoms with Crippen molar-refractivity contribution >= 4 is 32.2 Å². The number of anilines is 1. The molecule has 0 saturated heterocycles. The van der Waals surface area contributed by atoms with E-state index in [9.17, 15) is 18.5 Å². The molecule has 1 saturated carbocycles. The fourth-order valence-corrected chi connectivity index (χ4v) is 5.63. The molecule has 0 spiro atoms. The number of hydrogen-bond donors (Lipinski definition) is 2. The van der Waals surface area contributed by atoms with Gasteiger partial charge in [0.15, 0.2) is 4.90 Å². The molecule has 4 rings (SSSR count). The van der Waals surface area contributed by atoms with Crippen LogP contribution < -0.4 is 10.0 Å². The van der Waals surface area contributed by atoms with Crippen LogP contribution in [-0.2, 0) is 10.0 Å². The second kappa shape index (κ2) is 9.67. The minimum Gasteiger partial charge on any atom is -0.385 e. The summed E-state index contributed by atoms with van der Waals surface area (Å²) in [5.74, 6) is 0.786. The summed E-state index contributed by atoms with van der Waals surface area (Å²) in [4.78, 5) is 10.2. The van der Waals surface area contributed by atoms with Gasteiger partial charge in [0.2, 0.25) is 10.0 Å². The van der Waals surface area contributed by atoms with Gasteiger partial charge in [-0.15, -0.1) is 0 Å². The minimum absolute atomic E-state index is 0.240. The summed E-state index contributed by atoms with van der Waals surface area (Å²) in [7, 11) is -3.92. The zero-order chi connectivity index (χ0) is 22.6. The van der Waals surface area contributed by atoms with Crippen molar-refractivity contribution in [3.63, 3.8) is 0 Å². The maximum Gasteiger partial charge on any atom is 0.289 e. The summed E-state index contributed by atoms with van der Waals surface area (Å²) >= 11 is 0. The molecule has 0 radical (unpaired) electrons. The van der Waals surface area contributed by atoms with Crippen LogP contribution in [0, 0.1) is 22.0 Å². The van der Waals surface area contributed by atoms with Crippen molar-refractivity contribution in [2.75, 3.05) is 18.4 Å². The van der Waals surface area contributed by atoms with Gasteiger partial charge in [0.05, 0.1) is 4.92 Å². The molecule has 7 nitrogen and oxygen atoms in total. The molecular weight excluding hydrogens is 426 g/mol. The standard InChI is InChI=1S/C24H27N3O4S/c28-27(29)23-7-3-4-8-24(23)32(30,31)26-17-19-11-9-18(10-12-19)16-25-22-14-13-20-5-1-2-6-21(20)15-22/h1-8,13-15,18-19,25-26H,9-12,16-17H2. The number of para-hydroxylation sites is 1. The fourth-order valence-electron chi connectivity index (χ4n) is 4.34. The number of sulfonamides is 1. The van der Waals surface area contributed by atoms with Gasteiger partial charge in [-0.25, -0.2) is 13.1 Å². The molecular formula is C24H27N3O4S. The molecule has 0 aliphatic heterocycles. The molecule has 3 aromatic rings. The molecule has 1 aliphatic carbocycles. The average molecular weight is 454 g/mol. The van der Waals surface area contributed by atoms with Gasteiger partial charge in [0, 0.05) is 24.8 Å². The molecule has 1 fully saturated rings. The predicted octanol–water partition coefficient (Wildman–Crippen LogP) is 4.94. The maximum absolute atomic E-state index is 12.6. The first-order chi connectivity index (χ1) is 15.4. The SMILES string of the molecule is O=[N+]([O-])c1ccccc1S(=O)(=O)NCC1CCC(CNc2ccc3ccccc3c2)CC1. The third-order valence-electron chi connectivity index (χ3n) is 6.22. The van der Waals surface area contributed by atoms with Crippen LogP contribution in [0.3, 0.4) is 0 Å². The van der Waals surface area contributed by atoms with Gasteiger partial charge in [-0.3, -0.25) is 10.1 Å². The third-order valence-corrected chi connectivity index (χ3v) is 7.70. The summed E-state index contributed by atoms with van der Waals surface area (Å²) < 4.78 is 27.8. The Hall–Kier alpha value is -2.97. The summed E-state index contributed by atoms with van der Waals surface area (Å²) in [6, 6.07) is 20.1. The Morgan fingerprint density at radius 3 is 2.19 bits per heavy atom. The van der Waals surface area contributed by atoms with Gasteiger partial charge in [-0.05, 0) is 66.5 Å². The van der Waals surface area contributed by atoms with Crippen LogP contribution in [0.5, 0.6) is 0 Å². The van der Waals surface area contributed by atoms with Crippen molar-refractivity contribution in [3.8, 4) is 0 Å². The van der Waals surface area contributed by atoms with Gasteiger partial charge in [-0.2, -0.15) is 0 Å². The predicted molar refractivity (Wildman–Crippen MR) is 126 cm³/mol. The van der Waals surface area contributed by atoms with E-state index in [1.165, 1.54) is 35.0 Å². The Bertz CT molecular complexity index is 1200. The molecule has 0 heterocycles. The average Bonchev–Trinajstić information content (AvgIpc) is 2.82. The number of fused-ring (bicyclic) bond motifs is 1. The number of hydrogen-bond acceptors (Lipinski definition) is 5. The van der Waals surface area contributed by atoms with E-state index in [0.29, 0.717) is 12.5 Å². The van der Waals surface area contributed by atoms with Crippen LogP contribution in [0.1, 0.15) is 25.7 Å².